The number of pyridine rings is 1. The van der Waals surface area contributed by atoms with Crippen LogP contribution in [-0.2, 0) is 6.54 Å². The number of nitrogens with zero attached hydrogens (tertiary/aromatic N) is 1. The fourth-order valence-electron chi connectivity index (χ4n) is 2.13. The van der Waals surface area contributed by atoms with E-state index in [1.54, 1.807) is 0 Å². The Morgan fingerprint density at radius 2 is 2.00 bits per heavy atom. The second kappa shape index (κ2) is 4.34. The predicted molar refractivity (Wildman–Crippen MR) is 67.9 cm³/mol. The van der Waals surface area contributed by atoms with Gasteiger partial charge in [0.25, 0.3) is 0 Å². The lowest BCUT2D eigenvalue weighted by Gasteiger charge is -2.26. The largest absolute Gasteiger partial charge is 0.474 e. The van der Waals surface area contributed by atoms with Crippen molar-refractivity contribution in [2.75, 3.05) is 0 Å². The Labute approximate surface area is 101 Å². The van der Waals surface area contributed by atoms with Crippen LogP contribution >= 0.6 is 0 Å². The summed E-state index contributed by atoms with van der Waals surface area (Å²) in [5.41, 5.74) is 6.79. The zero-order chi connectivity index (χ0) is 11.7. The van der Waals surface area contributed by atoms with Gasteiger partial charge in [-0.15, -0.1) is 0 Å². The van der Waals surface area contributed by atoms with E-state index in [-0.39, 0.29) is 0 Å². The van der Waals surface area contributed by atoms with Gasteiger partial charge in [-0.05, 0) is 36.3 Å². The van der Waals surface area contributed by atoms with Gasteiger partial charge in [0.15, 0.2) is 0 Å². The molecule has 0 saturated heterocycles. The van der Waals surface area contributed by atoms with Crippen LogP contribution < -0.4 is 10.5 Å². The molecular formula is C14H16N2O. The van der Waals surface area contributed by atoms with Crippen LogP contribution in [0.1, 0.15) is 24.8 Å². The lowest BCUT2D eigenvalue weighted by Crippen LogP contribution is -2.25. The molecule has 2 aromatic rings. The molecule has 1 fully saturated rings. The van der Waals surface area contributed by atoms with Gasteiger partial charge in [0.2, 0.25) is 5.88 Å². The molecule has 0 aliphatic heterocycles. The first-order chi connectivity index (χ1) is 8.38. The number of rotatable bonds is 3. The minimum absolute atomic E-state index is 0.356. The zero-order valence-corrected chi connectivity index (χ0v) is 9.73. The summed E-state index contributed by atoms with van der Waals surface area (Å²) in [6.45, 7) is 0.511. The smallest absolute Gasteiger partial charge is 0.221 e. The standard InChI is InChI=1S/C14H16N2O/c15-8-10-9-16-14(17-11-4-3-5-11)13-7-2-1-6-12(10)13/h1-2,6-7,9,11H,3-5,8,15H2. The molecule has 3 rings (SSSR count). The van der Waals surface area contributed by atoms with Gasteiger partial charge < -0.3 is 10.5 Å². The van der Waals surface area contributed by atoms with E-state index in [1.807, 2.05) is 18.3 Å². The van der Waals surface area contributed by atoms with E-state index >= 15 is 0 Å². The van der Waals surface area contributed by atoms with Gasteiger partial charge in [0.1, 0.15) is 6.10 Å². The lowest BCUT2D eigenvalue weighted by atomic mass is 9.96. The number of nitrogens with two attached hydrogens (primary N) is 1. The molecule has 88 valence electrons. The first-order valence-electron chi connectivity index (χ1n) is 6.12. The Balaban J connectivity index is 2.05. The molecule has 1 aliphatic rings. The van der Waals surface area contributed by atoms with E-state index in [0.29, 0.717) is 12.6 Å². The number of benzene rings is 1. The van der Waals surface area contributed by atoms with Crippen LogP contribution in [0.3, 0.4) is 0 Å². The molecular weight excluding hydrogens is 212 g/mol. The van der Waals surface area contributed by atoms with Gasteiger partial charge >= 0.3 is 0 Å². The van der Waals surface area contributed by atoms with Crippen molar-refractivity contribution in [3.63, 3.8) is 0 Å². The van der Waals surface area contributed by atoms with Gasteiger partial charge in [0, 0.05) is 18.1 Å². The summed E-state index contributed by atoms with van der Waals surface area (Å²) in [7, 11) is 0. The molecule has 0 bridgehead atoms. The van der Waals surface area contributed by atoms with Crippen molar-refractivity contribution in [3.05, 3.63) is 36.0 Å². The average Bonchev–Trinajstić information content (AvgIpc) is 2.33. The molecule has 3 heteroatoms. The summed E-state index contributed by atoms with van der Waals surface area (Å²) in [6, 6.07) is 8.16. The van der Waals surface area contributed by atoms with Crippen molar-refractivity contribution >= 4 is 10.8 Å². The number of aromatic nitrogens is 1. The van der Waals surface area contributed by atoms with Crippen LogP contribution in [0.15, 0.2) is 30.5 Å². The van der Waals surface area contributed by atoms with Crippen LogP contribution in [-0.4, -0.2) is 11.1 Å². The second-order valence-electron chi connectivity index (χ2n) is 4.51. The van der Waals surface area contributed by atoms with Gasteiger partial charge in [-0.1, -0.05) is 18.2 Å². The molecule has 3 nitrogen and oxygen atoms in total. The Morgan fingerprint density at radius 1 is 1.24 bits per heavy atom. The first kappa shape index (κ1) is 10.5. The van der Waals surface area contributed by atoms with E-state index in [2.05, 4.69) is 17.1 Å². The summed E-state index contributed by atoms with van der Waals surface area (Å²) < 4.78 is 5.91. The summed E-state index contributed by atoms with van der Waals surface area (Å²) in [5, 5.41) is 2.22. The minimum Gasteiger partial charge on any atom is -0.474 e. The fourth-order valence-corrected chi connectivity index (χ4v) is 2.13. The molecule has 1 heterocycles. The van der Waals surface area contributed by atoms with E-state index in [4.69, 9.17) is 10.5 Å². The maximum Gasteiger partial charge on any atom is 0.221 e. The Kier molecular flexibility index (Phi) is 2.69. The van der Waals surface area contributed by atoms with Gasteiger partial charge in [-0.25, -0.2) is 4.98 Å². The molecule has 1 saturated carbocycles. The molecule has 1 aliphatic carbocycles. The molecule has 1 aromatic heterocycles. The van der Waals surface area contributed by atoms with Crippen molar-refractivity contribution in [1.29, 1.82) is 0 Å². The van der Waals surface area contributed by atoms with Crippen LogP contribution in [0, 0.1) is 0 Å². The van der Waals surface area contributed by atoms with E-state index in [0.717, 1.165) is 35.1 Å². The van der Waals surface area contributed by atoms with Crippen LogP contribution in [0.4, 0.5) is 0 Å². The highest BCUT2D eigenvalue weighted by Crippen LogP contribution is 2.30. The summed E-state index contributed by atoms with van der Waals surface area (Å²) in [5.74, 6) is 0.752. The molecule has 1 aromatic carbocycles. The monoisotopic (exact) mass is 228 g/mol. The molecule has 17 heavy (non-hydrogen) atoms. The predicted octanol–water partition coefficient (Wildman–Crippen LogP) is 2.62. The third-order valence-corrected chi connectivity index (χ3v) is 3.39. The van der Waals surface area contributed by atoms with Crippen LogP contribution in [0.25, 0.3) is 10.8 Å². The SMILES string of the molecule is NCc1cnc(OC2CCC2)c2ccccc12. The number of hydrogen-bond acceptors (Lipinski definition) is 3. The molecule has 0 radical (unpaired) electrons. The van der Waals surface area contributed by atoms with Crippen molar-refractivity contribution in [2.24, 2.45) is 5.73 Å². The van der Waals surface area contributed by atoms with Gasteiger partial charge in [0.05, 0.1) is 0 Å². The highest BCUT2D eigenvalue weighted by molar-refractivity contribution is 5.89. The Bertz CT molecular complexity index is 535. The third-order valence-electron chi connectivity index (χ3n) is 3.39. The van der Waals surface area contributed by atoms with Crippen molar-refractivity contribution in [2.45, 2.75) is 31.9 Å². The average molecular weight is 228 g/mol. The van der Waals surface area contributed by atoms with Crippen molar-refractivity contribution in [1.82, 2.24) is 4.98 Å². The minimum atomic E-state index is 0.356. The molecule has 0 spiro atoms. The summed E-state index contributed by atoms with van der Waals surface area (Å²) in [4.78, 5) is 4.40. The number of hydrogen-bond donors (Lipinski definition) is 1. The van der Waals surface area contributed by atoms with Crippen molar-refractivity contribution in [3.8, 4) is 5.88 Å². The number of ether oxygens (including phenoxy) is 1. The van der Waals surface area contributed by atoms with Crippen LogP contribution in [0.2, 0.25) is 0 Å². The topological polar surface area (TPSA) is 48.1 Å². The van der Waals surface area contributed by atoms with Crippen molar-refractivity contribution < 1.29 is 4.74 Å². The molecule has 0 atom stereocenters. The zero-order valence-electron chi connectivity index (χ0n) is 9.73. The lowest BCUT2D eigenvalue weighted by molar-refractivity contribution is 0.116. The van der Waals surface area contributed by atoms with Gasteiger partial charge in [-0.3, -0.25) is 0 Å². The van der Waals surface area contributed by atoms with E-state index in [1.165, 1.54) is 6.42 Å². The highest BCUT2D eigenvalue weighted by atomic mass is 16.5. The first-order valence-corrected chi connectivity index (χ1v) is 6.12. The van der Waals surface area contributed by atoms with E-state index in [9.17, 15) is 0 Å². The third kappa shape index (κ3) is 1.87. The summed E-state index contributed by atoms with van der Waals surface area (Å²) >= 11 is 0. The maximum absolute atomic E-state index is 5.91. The van der Waals surface area contributed by atoms with Gasteiger partial charge in [-0.2, -0.15) is 0 Å². The number of fused-ring (bicyclic) bond motifs is 1. The second-order valence-corrected chi connectivity index (χ2v) is 4.51. The fraction of sp³-hybridized carbons (Fsp3) is 0.357. The molecule has 0 unspecified atom stereocenters. The van der Waals surface area contributed by atoms with E-state index < -0.39 is 0 Å². The molecule has 0 amide bonds. The highest BCUT2D eigenvalue weighted by Gasteiger charge is 2.20. The summed E-state index contributed by atoms with van der Waals surface area (Å²) in [6.07, 6.45) is 5.75. The molecule has 2 N–H and O–H groups in total. The van der Waals surface area contributed by atoms with Crippen LogP contribution in [0.5, 0.6) is 5.88 Å². The maximum atomic E-state index is 5.91. The quantitative estimate of drug-likeness (QED) is 0.878. The normalized spacial score (nSPS) is 15.8. The Hall–Kier alpha value is -1.61. The Morgan fingerprint density at radius 3 is 2.65 bits per heavy atom.